The SMILES string of the molecule is CCCOCN/C(=C(\N)c1ccc(F)cc1)c1cnc(S(=O)(=O)c2ccccc2)n1C. The highest BCUT2D eigenvalue weighted by Crippen LogP contribution is 2.25. The topological polar surface area (TPSA) is 99.2 Å². The maximum atomic E-state index is 13.3. The van der Waals surface area contributed by atoms with Gasteiger partial charge in [-0.1, -0.05) is 25.1 Å². The average Bonchev–Trinajstić information content (AvgIpc) is 3.16. The molecular formula is C22H25FN4O3S. The Hall–Kier alpha value is -3.17. The zero-order chi connectivity index (χ0) is 22.4. The van der Waals surface area contributed by atoms with Crippen LogP contribution in [0.15, 0.2) is 70.8 Å². The Kier molecular flexibility index (Phi) is 7.09. The molecule has 0 saturated carbocycles. The summed E-state index contributed by atoms with van der Waals surface area (Å²) in [6.07, 6.45) is 2.29. The normalized spacial score (nSPS) is 12.5. The van der Waals surface area contributed by atoms with Crippen LogP contribution in [-0.4, -0.2) is 31.3 Å². The van der Waals surface area contributed by atoms with E-state index in [0.717, 1.165) is 6.42 Å². The molecule has 0 aliphatic carbocycles. The number of benzene rings is 2. The van der Waals surface area contributed by atoms with Gasteiger partial charge in [-0.25, -0.2) is 17.8 Å². The number of nitrogens with one attached hydrogen (secondary N) is 1. The minimum atomic E-state index is -3.83. The van der Waals surface area contributed by atoms with E-state index < -0.39 is 9.84 Å². The van der Waals surface area contributed by atoms with Gasteiger partial charge in [-0.3, -0.25) is 0 Å². The van der Waals surface area contributed by atoms with Gasteiger partial charge in [0.25, 0.3) is 0 Å². The summed E-state index contributed by atoms with van der Waals surface area (Å²) in [6, 6.07) is 13.8. The zero-order valence-corrected chi connectivity index (χ0v) is 18.2. The van der Waals surface area contributed by atoms with E-state index in [9.17, 15) is 12.8 Å². The fourth-order valence-corrected chi connectivity index (χ4v) is 4.39. The van der Waals surface area contributed by atoms with Crippen molar-refractivity contribution in [2.75, 3.05) is 13.3 Å². The first-order chi connectivity index (χ1) is 14.9. The first-order valence-corrected chi connectivity index (χ1v) is 11.2. The summed E-state index contributed by atoms with van der Waals surface area (Å²) in [5, 5.41) is 3.00. The Morgan fingerprint density at radius 1 is 1.16 bits per heavy atom. The number of nitrogens with two attached hydrogens (primary N) is 1. The summed E-state index contributed by atoms with van der Waals surface area (Å²) in [6.45, 7) is 2.71. The van der Waals surface area contributed by atoms with Crippen LogP contribution in [0, 0.1) is 5.82 Å². The Bertz CT molecular complexity index is 1160. The predicted molar refractivity (Wildman–Crippen MR) is 117 cm³/mol. The number of rotatable bonds is 9. The summed E-state index contributed by atoms with van der Waals surface area (Å²) >= 11 is 0. The lowest BCUT2D eigenvalue weighted by atomic mass is 10.1. The molecule has 9 heteroatoms. The van der Waals surface area contributed by atoms with Crippen LogP contribution in [-0.2, 0) is 21.6 Å². The molecule has 0 unspecified atom stereocenters. The Balaban J connectivity index is 2.06. The molecule has 31 heavy (non-hydrogen) atoms. The fourth-order valence-electron chi connectivity index (χ4n) is 3.02. The zero-order valence-electron chi connectivity index (χ0n) is 17.4. The molecule has 0 radical (unpaired) electrons. The van der Waals surface area contributed by atoms with E-state index in [-0.39, 0.29) is 22.6 Å². The van der Waals surface area contributed by atoms with Crippen molar-refractivity contribution < 1.29 is 17.5 Å². The van der Waals surface area contributed by atoms with Crippen LogP contribution < -0.4 is 11.1 Å². The van der Waals surface area contributed by atoms with Gasteiger partial charge in [0.2, 0.25) is 15.0 Å². The quantitative estimate of drug-likeness (QED) is 0.389. The minimum absolute atomic E-state index is 0.116. The Morgan fingerprint density at radius 3 is 2.48 bits per heavy atom. The van der Waals surface area contributed by atoms with Gasteiger partial charge in [0.1, 0.15) is 12.5 Å². The molecule has 0 fully saturated rings. The molecule has 0 atom stereocenters. The highest BCUT2D eigenvalue weighted by atomic mass is 32.2. The largest absolute Gasteiger partial charge is 0.397 e. The van der Waals surface area contributed by atoms with Crippen molar-refractivity contribution >= 4 is 21.2 Å². The molecule has 0 saturated heterocycles. The van der Waals surface area contributed by atoms with Gasteiger partial charge in [0.15, 0.2) is 0 Å². The third-order valence-electron chi connectivity index (χ3n) is 4.62. The van der Waals surface area contributed by atoms with Crippen molar-refractivity contribution in [2.24, 2.45) is 12.8 Å². The third kappa shape index (κ3) is 4.95. The van der Waals surface area contributed by atoms with Crippen LogP contribution in [0.1, 0.15) is 24.6 Å². The fraction of sp³-hybridized carbons (Fsp3) is 0.227. The second kappa shape index (κ2) is 9.76. The van der Waals surface area contributed by atoms with Gasteiger partial charge in [-0.05, 0) is 48.4 Å². The Labute approximate surface area is 181 Å². The summed E-state index contributed by atoms with van der Waals surface area (Å²) in [5.74, 6) is -0.380. The molecule has 164 valence electrons. The number of aromatic nitrogens is 2. The predicted octanol–water partition coefficient (Wildman–Crippen LogP) is 3.15. The van der Waals surface area contributed by atoms with Gasteiger partial charge >= 0.3 is 0 Å². The lowest BCUT2D eigenvalue weighted by Crippen LogP contribution is -2.22. The summed E-state index contributed by atoms with van der Waals surface area (Å²) in [7, 11) is -2.23. The van der Waals surface area contributed by atoms with E-state index in [1.165, 1.54) is 35.0 Å². The van der Waals surface area contributed by atoms with E-state index in [1.54, 1.807) is 37.4 Å². The van der Waals surface area contributed by atoms with Gasteiger partial charge < -0.3 is 20.4 Å². The van der Waals surface area contributed by atoms with E-state index in [4.69, 9.17) is 10.5 Å². The second-order valence-corrected chi connectivity index (χ2v) is 8.67. The number of ether oxygens (including phenoxy) is 1. The number of halogens is 1. The maximum absolute atomic E-state index is 13.3. The average molecular weight is 445 g/mol. The van der Waals surface area contributed by atoms with E-state index in [2.05, 4.69) is 10.3 Å². The van der Waals surface area contributed by atoms with Crippen LogP contribution in [0.25, 0.3) is 11.4 Å². The van der Waals surface area contributed by atoms with Crippen molar-refractivity contribution in [3.63, 3.8) is 0 Å². The molecule has 0 aliphatic rings. The van der Waals surface area contributed by atoms with Crippen LogP contribution in [0.2, 0.25) is 0 Å². The van der Waals surface area contributed by atoms with Crippen LogP contribution >= 0.6 is 0 Å². The lowest BCUT2D eigenvalue weighted by Gasteiger charge is -2.16. The molecule has 3 aromatic rings. The molecule has 3 rings (SSSR count). The molecule has 3 N–H and O–H groups in total. The van der Waals surface area contributed by atoms with Gasteiger partial charge in [0.05, 0.1) is 28.2 Å². The van der Waals surface area contributed by atoms with Gasteiger partial charge in [-0.2, -0.15) is 0 Å². The molecule has 0 amide bonds. The molecular weight excluding hydrogens is 419 g/mol. The standard InChI is InChI=1S/C22H25FN4O3S/c1-3-13-30-15-26-21(20(24)16-9-11-17(23)12-10-16)19-14-25-22(27(19)2)31(28,29)18-7-5-4-6-8-18/h4-12,14,26H,3,13,15,24H2,1-2H3/b21-20-. The first kappa shape index (κ1) is 22.5. The maximum Gasteiger partial charge on any atom is 0.240 e. The minimum Gasteiger partial charge on any atom is -0.397 e. The molecule has 1 heterocycles. The third-order valence-corrected chi connectivity index (χ3v) is 6.37. The summed E-state index contributed by atoms with van der Waals surface area (Å²) in [4.78, 5) is 4.31. The van der Waals surface area contributed by atoms with E-state index in [0.29, 0.717) is 29.3 Å². The van der Waals surface area contributed by atoms with Crippen molar-refractivity contribution in [3.8, 4) is 0 Å². The summed E-state index contributed by atoms with van der Waals surface area (Å²) in [5.41, 5.74) is 8.16. The monoisotopic (exact) mass is 444 g/mol. The van der Waals surface area contributed by atoms with Crippen molar-refractivity contribution in [1.29, 1.82) is 0 Å². The van der Waals surface area contributed by atoms with E-state index in [1.807, 2.05) is 6.92 Å². The van der Waals surface area contributed by atoms with Crippen LogP contribution in [0.3, 0.4) is 0 Å². The lowest BCUT2D eigenvalue weighted by molar-refractivity contribution is 0.128. The van der Waals surface area contributed by atoms with Gasteiger partial charge in [-0.15, -0.1) is 0 Å². The second-order valence-electron chi connectivity index (χ2n) is 6.83. The number of hydrogen-bond donors (Lipinski definition) is 2. The van der Waals surface area contributed by atoms with Crippen molar-refractivity contribution in [2.45, 2.75) is 23.4 Å². The van der Waals surface area contributed by atoms with E-state index >= 15 is 0 Å². The number of imidazole rings is 1. The van der Waals surface area contributed by atoms with Crippen LogP contribution in [0.5, 0.6) is 0 Å². The number of hydrogen-bond acceptors (Lipinski definition) is 6. The first-order valence-electron chi connectivity index (χ1n) is 9.75. The molecule has 2 aromatic carbocycles. The molecule has 7 nitrogen and oxygen atoms in total. The molecule has 0 aliphatic heterocycles. The smallest absolute Gasteiger partial charge is 0.240 e. The highest BCUT2D eigenvalue weighted by molar-refractivity contribution is 7.91. The van der Waals surface area contributed by atoms with Crippen LogP contribution in [0.4, 0.5) is 4.39 Å². The molecule has 0 spiro atoms. The van der Waals surface area contributed by atoms with Crippen molar-refractivity contribution in [3.05, 3.63) is 77.9 Å². The van der Waals surface area contributed by atoms with Gasteiger partial charge in [0, 0.05) is 13.7 Å². The molecule has 0 bridgehead atoms. The number of nitrogens with zero attached hydrogens (tertiary/aromatic N) is 2. The van der Waals surface area contributed by atoms with Crippen molar-refractivity contribution in [1.82, 2.24) is 14.9 Å². The summed E-state index contributed by atoms with van der Waals surface area (Å²) < 4.78 is 46.4. The molecule has 1 aromatic heterocycles. The number of sulfone groups is 1. The Morgan fingerprint density at radius 2 is 1.84 bits per heavy atom. The highest BCUT2D eigenvalue weighted by Gasteiger charge is 2.25.